The van der Waals surface area contributed by atoms with Crippen LogP contribution in [0, 0.1) is 0 Å². The summed E-state index contributed by atoms with van der Waals surface area (Å²) < 4.78 is 35.0. The van der Waals surface area contributed by atoms with Crippen LogP contribution in [0.25, 0.3) is 0 Å². The Morgan fingerprint density at radius 1 is 1.21 bits per heavy atom. The van der Waals surface area contributed by atoms with Crippen molar-refractivity contribution in [1.82, 2.24) is 4.31 Å². The van der Waals surface area contributed by atoms with Gasteiger partial charge in [-0.1, -0.05) is 0 Å². The zero-order valence-electron chi connectivity index (χ0n) is 11.0. The fraction of sp³-hybridized carbons (Fsp3) is 0.500. The number of hydrogen-bond acceptors (Lipinski definition) is 4. The lowest BCUT2D eigenvalue weighted by Gasteiger charge is -2.16. The first-order chi connectivity index (χ1) is 8.99. The zero-order valence-corrected chi connectivity index (χ0v) is 12.6. The van der Waals surface area contributed by atoms with Crippen LogP contribution in [0.1, 0.15) is 0 Å². The van der Waals surface area contributed by atoms with Gasteiger partial charge in [-0.3, -0.25) is 0 Å². The number of halogens is 1. The summed E-state index contributed by atoms with van der Waals surface area (Å²) in [5.74, 6) is 1.44. The van der Waals surface area contributed by atoms with Gasteiger partial charge in [-0.05, 0) is 24.3 Å². The standard InChI is InChI=1S/C12H18ClNO4S/c1-14(19(15,16)10-7-13)8-9-18-12-5-3-11(17-2)4-6-12/h3-6H,7-10H2,1-2H3. The first kappa shape index (κ1) is 16.1. The molecular weight excluding hydrogens is 290 g/mol. The van der Waals surface area contributed by atoms with Gasteiger partial charge in [0.2, 0.25) is 10.0 Å². The first-order valence-electron chi connectivity index (χ1n) is 5.76. The van der Waals surface area contributed by atoms with Crippen molar-refractivity contribution in [1.29, 1.82) is 0 Å². The zero-order chi connectivity index (χ0) is 14.3. The molecule has 0 aromatic heterocycles. The van der Waals surface area contributed by atoms with E-state index < -0.39 is 10.0 Å². The third-order valence-electron chi connectivity index (χ3n) is 2.54. The van der Waals surface area contributed by atoms with E-state index in [2.05, 4.69) is 0 Å². The predicted molar refractivity (Wildman–Crippen MR) is 75.6 cm³/mol. The fourth-order valence-corrected chi connectivity index (χ4v) is 2.80. The van der Waals surface area contributed by atoms with E-state index in [0.717, 1.165) is 5.75 Å². The van der Waals surface area contributed by atoms with E-state index in [0.29, 0.717) is 5.75 Å². The monoisotopic (exact) mass is 307 g/mol. The second-order valence-electron chi connectivity index (χ2n) is 3.85. The predicted octanol–water partition coefficient (Wildman–Crippen LogP) is 1.57. The summed E-state index contributed by atoms with van der Waals surface area (Å²) in [6.07, 6.45) is 0. The number of benzene rings is 1. The number of likely N-dealkylation sites (N-methyl/N-ethyl adjacent to an activating group) is 1. The fourth-order valence-electron chi connectivity index (χ4n) is 1.36. The van der Waals surface area contributed by atoms with Crippen LogP contribution in [0.3, 0.4) is 0 Å². The van der Waals surface area contributed by atoms with Gasteiger partial charge in [0.25, 0.3) is 0 Å². The Morgan fingerprint density at radius 3 is 2.32 bits per heavy atom. The molecule has 1 rings (SSSR count). The summed E-state index contributed by atoms with van der Waals surface area (Å²) in [6.45, 7) is 0.565. The van der Waals surface area contributed by atoms with Gasteiger partial charge in [-0.2, -0.15) is 0 Å². The number of sulfonamides is 1. The third-order valence-corrected chi connectivity index (χ3v) is 4.81. The van der Waals surface area contributed by atoms with Crippen molar-refractivity contribution >= 4 is 21.6 Å². The molecule has 0 aliphatic rings. The molecular formula is C12H18ClNO4S. The lowest BCUT2D eigenvalue weighted by molar-refractivity contribution is 0.286. The third kappa shape index (κ3) is 5.26. The molecule has 1 aromatic rings. The van der Waals surface area contributed by atoms with Crippen molar-refractivity contribution in [3.8, 4) is 11.5 Å². The second kappa shape index (κ2) is 7.57. The number of methoxy groups -OCH3 is 1. The molecule has 0 aliphatic heterocycles. The molecule has 0 spiro atoms. The Morgan fingerprint density at radius 2 is 1.79 bits per heavy atom. The topological polar surface area (TPSA) is 55.8 Å². The Balaban J connectivity index is 2.41. The van der Waals surface area contributed by atoms with Crippen LogP contribution < -0.4 is 9.47 Å². The van der Waals surface area contributed by atoms with Crippen molar-refractivity contribution in [2.24, 2.45) is 0 Å². The van der Waals surface area contributed by atoms with Crippen molar-refractivity contribution < 1.29 is 17.9 Å². The van der Waals surface area contributed by atoms with Crippen LogP contribution in [0.4, 0.5) is 0 Å². The quantitative estimate of drug-likeness (QED) is 0.684. The van der Waals surface area contributed by atoms with Crippen LogP contribution in [0.5, 0.6) is 11.5 Å². The molecule has 1 aromatic carbocycles. The van der Waals surface area contributed by atoms with Crippen LogP contribution in [-0.4, -0.2) is 51.7 Å². The molecule has 0 aliphatic carbocycles. The summed E-state index contributed by atoms with van der Waals surface area (Å²) in [4.78, 5) is 0. The number of rotatable bonds is 8. The molecule has 0 unspecified atom stereocenters. The Kier molecular flexibility index (Phi) is 6.41. The highest BCUT2D eigenvalue weighted by Crippen LogP contribution is 2.16. The minimum Gasteiger partial charge on any atom is -0.497 e. The van der Waals surface area contributed by atoms with Crippen molar-refractivity contribution in [3.63, 3.8) is 0 Å². The highest BCUT2D eigenvalue weighted by Gasteiger charge is 2.16. The smallest absolute Gasteiger partial charge is 0.215 e. The minimum atomic E-state index is -3.27. The summed E-state index contributed by atoms with van der Waals surface area (Å²) in [5, 5.41) is 0. The van der Waals surface area contributed by atoms with E-state index in [1.165, 1.54) is 11.4 Å². The average molecular weight is 308 g/mol. The van der Waals surface area contributed by atoms with Crippen LogP contribution in [0.15, 0.2) is 24.3 Å². The van der Waals surface area contributed by atoms with E-state index in [1.807, 2.05) is 0 Å². The van der Waals surface area contributed by atoms with Gasteiger partial charge in [0.05, 0.1) is 12.9 Å². The molecule has 19 heavy (non-hydrogen) atoms. The molecule has 0 N–H and O–H groups in total. The molecule has 0 bridgehead atoms. The molecule has 0 saturated heterocycles. The van der Waals surface area contributed by atoms with Crippen molar-refractivity contribution in [2.45, 2.75) is 0 Å². The van der Waals surface area contributed by atoms with Gasteiger partial charge in [0, 0.05) is 19.5 Å². The first-order valence-corrected chi connectivity index (χ1v) is 7.91. The Bertz CT molecular complexity index is 475. The SMILES string of the molecule is COc1ccc(OCCN(C)S(=O)(=O)CCCl)cc1. The average Bonchev–Trinajstić information content (AvgIpc) is 2.39. The van der Waals surface area contributed by atoms with E-state index >= 15 is 0 Å². The second-order valence-corrected chi connectivity index (χ2v) is 6.42. The molecule has 0 heterocycles. The summed E-state index contributed by atoms with van der Waals surface area (Å²) >= 11 is 5.44. The molecule has 7 heteroatoms. The molecule has 108 valence electrons. The Hall–Kier alpha value is -0.980. The van der Waals surface area contributed by atoms with Gasteiger partial charge >= 0.3 is 0 Å². The van der Waals surface area contributed by atoms with Gasteiger partial charge < -0.3 is 9.47 Å². The van der Waals surface area contributed by atoms with Crippen molar-refractivity contribution in [2.75, 3.05) is 38.9 Å². The van der Waals surface area contributed by atoms with E-state index in [4.69, 9.17) is 21.1 Å². The largest absolute Gasteiger partial charge is 0.497 e. The maximum Gasteiger partial charge on any atom is 0.215 e. The molecule has 0 fully saturated rings. The van der Waals surface area contributed by atoms with Gasteiger partial charge in [-0.15, -0.1) is 11.6 Å². The summed E-state index contributed by atoms with van der Waals surface area (Å²) in [5.41, 5.74) is 0. The number of hydrogen-bond donors (Lipinski definition) is 0. The maximum atomic E-state index is 11.6. The van der Waals surface area contributed by atoms with Crippen LogP contribution in [-0.2, 0) is 10.0 Å². The normalized spacial score (nSPS) is 11.6. The number of alkyl halides is 1. The highest BCUT2D eigenvalue weighted by molar-refractivity contribution is 7.89. The molecule has 0 atom stereocenters. The van der Waals surface area contributed by atoms with Crippen molar-refractivity contribution in [3.05, 3.63) is 24.3 Å². The molecule has 0 saturated carbocycles. The minimum absolute atomic E-state index is 0.0619. The van der Waals surface area contributed by atoms with E-state index in [9.17, 15) is 8.42 Å². The van der Waals surface area contributed by atoms with E-state index in [-0.39, 0.29) is 24.8 Å². The van der Waals surface area contributed by atoms with Gasteiger partial charge in [0.1, 0.15) is 18.1 Å². The lowest BCUT2D eigenvalue weighted by atomic mass is 10.3. The molecule has 5 nitrogen and oxygen atoms in total. The Labute approximate surface area is 119 Å². The highest BCUT2D eigenvalue weighted by atomic mass is 35.5. The van der Waals surface area contributed by atoms with Gasteiger partial charge in [-0.25, -0.2) is 12.7 Å². The molecule has 0 amide bonds. The summed E-state index contributed by atoms with van der Waals surface area (Å²) in [6, 6.07) is 7.10. The van der Waals surface area contributed by atoms with Crippen LogP contribution in [0.2, 0.25) is 0 Å². The number of nitrogens with zero attached hydrogens (tertiary/aromatic N) is 1. The van der Waals surface area contributed by atoms with Gasteiger partial charge in [0.15, 0.2) is 0 Å². The van der Waals surface area contributed by atoms with E-state index in [1.54, 1.807) is 31.4 Å². The molecule has 0 radical (unpaired) electrons. The number of ether oxygens (including phenoxy) is 2. The van der Waals surface area contributed by atoms with Crippen LogP contribution >= 0.6 is 11.6 Å². The lowest BCUT2D eigenvalue weighted by Crippen LogP contribution is -2.33. The maximum absolute atomic E-state index is 11.6. The summed E-state index contributed by atoms with van der Waals surface area (Å²) in [7, 11) is -0.171.